The molecule has 2 atom stereocenters. The molecule has 0 bridgehead atoms. The highest BCUT2D eigenvalue weighted by Crippen LogP contribution is 2.37. The maximum atomic E-state index is 12.3. The fourth-order valence-electron chi connectivity index (χ4n) is 3.89. The summed E-state index contributed by atoms with van der Waals surface area (Å²) in [6.07, 6.45) is 7.45. The van der Waals surface area contributed by atoms with E-state index in [1.54, 1.807) is 36.7 Å². The molecule has 2 aliphatic rings. The lowest BCUT2D eigenvalue weighted by Crippen LogP contribution is -2.36. The molecule has 9 heteroatoms. The van der Waals surface area contributed by atoms with E-state index in [0.29, 0.717) is 11.1 Å². The van der Waals surface area contributed by atoms with Crippen LogP contribution >= 0.6 is 0 Å². The summed E-state index contributed by atoms with van der Waals surface area (Å²) in [5.41, 5.74) is 7.17. The average molecular weight is 438 g/mol. The van der Waals surface area contributed by atoms with E-state index in [-0.39, 0.29) is 41.9 Å². The summed E-state index contributed by atoms with van der Waals surface area (Å²) < 4.78 is 5.56. The monoisotopic (exact) mass is 437 g/mol. The van der Waals surface area contributed by atoms with Gasteiger partial charge in [0.1, 0.15) is 6.10 Å². The van der Waals surface area contributed by atoms with Crippen molar-refractivity contribution < 1.29 is 19.1 Å². The zero-order valence-electron chi connectivity index (χ0n) is 18.0. The van der Waals surface area contributed by atoms with Gasteiger partial charge in [0.2, 0.25) is 17.8 Å². The Balaban J connectivity index is 1.27. The number of carbonyl (C=O) groups excluding carboxylic acids is 3. The fourth-order valence-corrected chi connectivity index (χ4v) is 3.89. The van der Waals surface area contributed by atoms with Gasteiger partial charge in [-0.1, -0.05) is 12.1 Å². The Morgan fingerprint density at radius 3 is 2.62 bits per heavy atom. The van der Waals surface area contributed by atoms with Crippen LogP contribution < -0.4 is 16.4 Å². The van der Waals surface area contributed by atoms with Gasteiger partial charge in [0.05, 0.1) is 6.42 Å². The number of rotatable bonds is 7. The van der Waals surface area contributed by atoms with Crippen molar-refractivity contribution >= 4 is 23.9 Å². The van der Waals surface area contributed by atoms with Crippen LogP contribution in [0.1, 0.15) is 66.4 Å². The molecule has 2 aliphatic carbocycles. The Labute approximate surface area is 186 Å². The molecule has 32 heavy (non-hydrogen) atoms. The SMILES string of the molecule is CC1(NC(=O)O[C@@H]2CC[C@H](c3cnc(NC(=O)Cc4cccc(C(N)=O)c4)nc3)C2)CC1. The third-order valence-electron chi connectivity index (χ3n) is 6.03. The molecule has 1 aromatic carbocycles. The van der Waals surface area contributed by atoms with E-state index < -0.39 is 5.91 Å². The van der Waals surface area contributed by atoms with Gasteiger partial charge in [-0.3, -0.25) is 14.9 Å². The number of alkyl carbamates (subject to hydrolysis) is 1. The molecule has 0 spiro atoms. The van der Waals surface area contributed by atoms with Crippen LogP contribution in [0.15, 0.2) is 36.7 Å². The lowest BCUT2D eigenvalue weighted by molar-refractivity contribution is -0.115. The Bertz CT molecular complexity index is 1020. The van der Waals surface area contributed by atoms with Crippen molar-refractivity contribution in [2.45, 2.75) is 63.0 Å². The molecule has 0 aliphatic heterocycles. The van der Waals surface area contributed by atoms with Gasteiger partial charge >= 0.3 is 6.09 Å². The van der Waals surface area contributed by atoms with E-state index in [0.717, 1.165) is 37.7 Å². The molecule has 0 radical (unpaired) electrons. The van der Waals surface area contributed by atoms with Gasteiger partial charge in [-0.15, -0.1) is 0 Å². The maximum absolute atomic E-state index is 12.3. The van der Waals surface area contributed by atoms with Crippen molar-refractivity contribution in [2.75, 3.05) is 5.32 Å². The van der Waals surface area contributed by atoms with E-state index in [4.69, 9.17) is 10.5 Å². The van der Waals surface area contributed by atoms with E-state index in [1.165, 1.54) is 0 Å². The van der Waals surface area contributed by atoms with Crippen LogP contribution in [-0.4, -0.2) is 39.5 Å². The van der Waals surface area contributed by atoms with Crippen molar-refractivity contribution in [3.63, 3.8) is 0 Å². The Morgan fingerprint density at radius 2 is 1.94 bits per heavy atom. The molecule has 168 valence electrons. The minimum absolute atomic E-state index is 0.0784. The molecule has 1 aromatic heterocycles. The number of benzene rings is 1. The van der Waals surface area contributed by atoms with Crippen LogP contribution in [0.2, 0.25) is 0 Å². The Hall–Kier alpha value is -3.49. The second kappa shape index (κ2) is 8.94. The van der Waals surface area contributed by atoms with Gasteiger partial charge in [-0.25, -0.2) is 14.8 Å². The standard InChI is InChI=1S/C23H27N5O4/c1-23(7-8-23)28-22(31)32-18-6-5-15(11-18)17-12-25-21(26-13-17)27-19(29)10-14-3-2-4-16(9-14)20(24)30/h2-4,9,12-13,15,18H,5-8,10-11H2,1H3,(H2,24,30)(H,28,31)(H,25,26,27,29)/t15-,18+/m0/s1. The van der Waals surface area contributed by atoms with Gasteiger partial charge in [-0.05, 0) is 68.2 Å². The number of hydrogen-bond acceptors (Lipinski definition) is 6. The molecule has 9 nitrogen and oxygen atoms in total. The van der Waals surface area contributed by atoms with Crippen molar-refractivity contribution in [1.82, 2.24) is 15.3 Å². The lowest BCUT2D eigenvalue weighted by Gasteiger charge is -2.16. The van der Waals surface area contributed by atoms with Crippen LogP contribution in [0, 0.1) is 0 Å². The van der Waals surface area contributed by atoms with E-state index >= 15 is 0 Å². The second-order valence-electron chi connectivity index (χ2n) is 8.85. The van der Waals surface area contributed by atoms with E-state index in [1.807, 2.05) is 6.92 Å². The van der Waals surface area contributed by atoms with Gasteiger partial charge in [0.15, 0.2) is 0 Å². The number of hydrogen-bond donors (Lipinski definition) is 3. The van der Waals surface area contributed by atoms with Crippen LogP contribution in [0.25, 0.3) is 0 Å². The zero-order valence-corrected chi connectivity index (χ0v) is 18.0. The third-order valence-corrected chi connectivity index (χ3v) is 6.03. The first kappa shape index (κ1) is 21.7. The summed E-state index contributed by atoms with van der Waals surface area (Å²) in [7, 11) is 0. The molecular weight excluding hydrogens is 410 g/mol. The number of carbonyl (C=O) groups is 3. The molecule has 2 aromatic rings. The largest absolute Gasteiger partial charge is 0.446 e. The molecule has 2 fully saturated rings. The van der Waals surface area contributed by atoms with Crippen LogP contribution in [0.4, 0.5) is 10.7 Å². The molecule has 3 amide bonds. The first-order valence-corrected chi connectivity index (χ1v) is 10.8. The van der Waals surface area contributed by atoms with Gasteiger partial charge in [0.25, 0.3) is 0 Å². The number of amides is 3. The number of nitrogens with one attached hydrogen (secondary N) is 2. The number of primary amides is 1. The molecule has 0 unspecified atom stereocenters. The Kier molecular flexibility index (Phi) is 6.07. The second-order valence-corrected chi connectivity index (χ2v) is 8.85. The van der Waals surface area contributed by atoms with Gasteiger partial charge < -0.3 is 15.8 Å². The summed E-state index contributed by atoms with van der Waals surface area (Å²) >= 11 is 0. The number of ether oxygens (including phenoxy) is 1. The van der Waals surface area contributed by atoms with E-state index in [9.17, 15) is 14.4 Å². The summed E-state index contributed by atoms with van der Waals surface area (Å²) in [6, 6.07) is 6.63. The molecule has 0 saturated heterocycles. The summed E-state index contributed by atoms with van der Waals surface area (Å²) in [5, 5.41) is 5.58. The molecule has 2 saturated carbocycles. The minimum Gasteiger partial charge on any atom is -0.446 e. The highest BCUT2D eigenvalue weighted by Gasteiger charge is 2.40. The summed E-state index contributed by atoms with van der Waals surface area (Å²) in [5.74, 6) is -0.397. The zero-order chi connectivity index (χ0) is 22.7. The van der Waals surface area contributed by atoms with Crippen molar-refractivity contribution in [2.24, 2.45) is 5.73 Å². The predicted octanol–water partition coefficient (Wildman–Crippen LogP) is 2.67. The smallest absolute Gasteiger partial charge is 0.407 e. The van der Waals surface area contributed by atoms with Crippen molar-refractivity contribution in [3.8, 4) is 0 Å². The topological polar surface area (TPSA) is 136 Å². The lowest BCUT2D eigenvalue weighted by atomic mass is 10.0. The molecular formula is C23H27N5O4. The highest BCUT2D eigenvalue weighted by molar-refractivity contribution is 5.94. The first-order valence-electron chi connectivity index (χ1n) is 10.8. The van der Waals surface area contributed by atoms with Crippen LogP contribution in [0.5, 0.6) is 0 Å². The summed E-state index contributed by atoms with van der Waals surface area (Å²) in [4.78, 5) is 44.1. The fraction of sp³-hybridized carbons (Fsp3) is 0.435. The van der Waals surface area contributed by atoms with Gasteiger partial charge in [0, 0.05) is 23.5 Å². The normalized spacial score (nSPS) is 20.9. The minimum atomic E-state index is -0.538. The Morgan fingerprint density at radius 1 is 1.19 bits per heavy atom. The average Bonchev–Trinajstić information content (AvgIpc) is 3.28. The number of nitrogens with zero attached hydrogens (tertiary/aromatic N) is 2. The molecule has 4 N–H and O–H groups in total. The van der Waals surface area contributed by atoms with Crippen LogP contribution in [0.3, 0.4) is 0 Å². The van der Waals surface area contributed by atoms with E-state index in [2.05, 4.69) is 20.6 Å². The number of anilines is 1. The maximum Gasteiger partial charge on any atom is 0.407 e. The van der Waals surface area contributed by atoms with Crippen LogP contribution in [-0.2, 0) is 16.0 Å². The van der Waals surface area contributed by atoms with Gasteiger partial charge in [-0.2, -0.15) is 0 Å². The summed E-state index contributed by atoms with van der Waals surface area (Å²) in [6.45, 7) is 2.02. The number of aromatic nitrogens is 2. The van der Waals surface area contributed by atoms with Crippen molar-refractivity contribution in [3.05, 3.63) is 53.3 Å². The quantitative estimate of drug-likeness (QED) is 0.609. The highest BCUT2D eigenvalue weighted by atomic mass is 16.6. The molecule has 4 rings (SSSR count). The number of nitrogens with two attached hydrogens (primary N) is 1. The predicted molar refractivity (Wildman–Crippen MR) is 117 cm³/mol. The molecule has 1 heterocycles. The van der Waals surface area contributed by atoms with Crippen molar-refractivity contribution in [1.29, 1.82) is 0 Å². The first-order chi connectivity index (χ1) is 15.3. The third kappa shape index (κ3) is 5.60.